The molecule has 0 unspecified atom stereocenters. The molecular weight excluding hydrogens is 492 g/mol. The van der Waals surface area contributed by atoms with E-state index in [0.29, 0.717) is 22.9 Å². The van der Waals surface area contributed by atoms with Gasteiger partial charge in [-0.25, -0.2) is 4.39 Å². The summed E-state index contributed by atoms with van der Waals surface area (Å²) >= 11 is 12.5. The Labute approximate surface area is 212 Å². The highest BCUT2D eigenvalue weighted by Crippen LogP contribution is 2.32. The summed E-state index contributed by atoms with van der Waals surface area (Å²) in [5.41, 5.74) is 2.63. The van der Waals surface area contributed by atoms with E-state index >= 15 is 0 Å². The van der Waals surface area contributed by atoms with Gasteiger partial charge in [-0.2, -0.15) is 5.10 Å². The van der Waals surface area contributed by atoms with Crippen LogP contribution in [-0.2, 0) is 13.2 Å². The van der Waals surface area contributed by atoms with E-state index in [1.807, 2.05) is 19.1 Å². The normalized spacial score (nSPS) is 11.2. The van der Waals surface area contributed by atoms with Gasteiger partial charge in [0.1, 0.15) is 29.0 Å². The number of nitrogens with zero attached hydrogens (tertiary/aromatic N) is 2. The number of benzene rings is 2. The van der Waals surface area contributed by atoms with Gasteiger partial charge in [0.05, 0.1) is 6.54 Å². The Hall–Kier alpha value is -3.29. The molecule has 35 heavy (non-hydrogen) atoms. The molecule has 2 heterocycles. The third kappa shape index (κ3) is 6.05. The number of hydrogen-bond donors (Lipinski definition) is 1. The molecule has 1 N–H and O–H groups in total. The summed E-state index contributed by atoms with van der Waals surface area (Å²) in [4.78, 5) is 12.7. The number of ether oxygens (including phenoxy) is 1. The van der Waals surface area contributed by atoms with Gasteiger partial charge in [0, 0.05) is 11.2 Å². The largest absolute Gasteiger partial charge is 0.485 e. The average molecular weight is 516 g/mol. The first-order valence-corrected chi connectivity index (χ1v) is 11.8. The molecular formula is C26H24Cl2FN3O3. The lowest BCUT2D eigenvalue weighted by Crippen LogP contribution is -2.12. The van der Waals surface area contributed by atoms with Crippen LogP contribution in [0, 0.1) is 12.7 Å². The van der Waals surface area contributed by atoms with Crippen molar-refractivity contribution in [1.82, 2.24) is 9.78 Å². The summed E-state index contributed by atoms with van der Waals surface area (Å²) < 4.78 is 26.6. The maximum Gasteiger partial charge on any atom is 0.292 e. The molecule has 0 spiro atoms. The first-order valence-electron chi connectivity index (χ1n) is 11.0. The second-order valence-electron chi connectivity index (χ2n) is 8.46. The summed E-state index contributed by atoms with van der Waals surface area (Å²) in [6.07, 6.45) is 1.56. The number of amides is 1. The lowest BCUT2D eigenvalue weighted by atomic mass is 10.0. The van der Waals surface area contributed by atoms with Crippen LogP contribution in [0.15, 0.2) is 59.1 Å². The van der Waals surface area contributed by atoms with Gasteiger partial charge >= 0.3 is 0 Å². The predicted molar refractivity (Wildman–Crippen MR) is 134 cm³/mol. The Morgan fingerprint density at radius 1 is 1.17 bits per heavy atom. The van der Waals surface area contributed by atoms with Crippen LogP contribution >= 0.6 is 23.2 Å². The SMILES string of the molecule is Cc1cc(OCc2ccc(C(=O)Nc3nn(Cc4cccc(F)c4)cc3Cl)o2)c(C(C)C)cc1Cl. The van der Waals surface area contributed by atoms with Gasteiger partial charge in [0.15, 0.2) is 11.6 Å². The summed E-state index contributed by atoms with van der Waals surface area (Å²) in [7, 11) is 0. The van der Waals surface area contributed by atoms with Gasteiger partial charge in [-0.3, -0.25) is 9.48 Å². The molecule has 9 heteroatoms. The zero-order chi connectivity index (χ0) is 25.1. The summed E-state index contributed by atoms with van der Waals surface area (Å²) in [6.45, 7) is 6.50. The van der Waals surface area contributed by atoms with Crippen LogP contribution in [0.2, 0.25) is 10.0 Å². The van der Waals surface area contributed by atoms with Crippen molar-refractivity contribution in [3.8, 4) is 5.75 Å². The molecule has 4 aromatic rings. The van der Waals surface area contributed by atoms with Gasteiger partial charge in [-0.1, -0.05) is 49.2 Å². The molecule has 0 atom stereocenters. The van der Waals surface area contributed by atoms with Crippen LogP contribution in [0.3, 0.4) is 0 Å². The lowest BCUT2D eigenvalue weighted by Gasteiger charge is -2.15. The minimum absolute atomic E-state index is 0.0933. The Morgan fingerprint density at radius 3 is 2.71 bits per heavy atom. The van der Waals surface area contributed by atoms with E-state index in [-0.39, 0.29) is 34.9 Å². The molecule has 1 amide bonds. The minimum Gasteiger partial charge on any atom is -0.485 e. The molecule has 0 bridgehead atoms. The van der Waals surface area contributed by atoms with Crippen molar-refractivity contribution in [3.63, 3.8) is 0 Å². The third-order valence-corrected chi connectivity index (χ3v) is 6.03. The quantitative estimate of drug-likeness (QED) is 0.268. The molecule has 2 aromatic carbocycles. The lowest BCUT2D eigenvalue weighted by molar-refractivity contribution is 0.0992. The molecule has 182 valence electrons. The Kier molecular flexibility index (Phi) is 7.48. The highest BCUT2D eigenvalue weighted by Gasteiger charge is 2.17. The number of rotatable bonds is 8. The van der Waals surface area contributed by atoms with Crippen LogP contribution < -0.4 is 10.1 Å². The fourth-order valence-corrected chi connectivity index (χ4v) is 3.90. The molecule has 4 rings (SSSR count). The molecule has 0 aliphatic heterocycles. The number of carbonyl (C=O) groups is 1. The number of carbonyl (C=O) groups excluding carboxylic acids is 1. The Bertz CT molecular complexity index is 1360. The van der Waals surface area contributed by atoms with Crippen molar-refractivity contribution in [2.24, 2.45) is 0 Å². The molecule has 0 aliphatic carbocycles. The highest BCUT2D eigenvalue weighted by molar-refractivity contribution is 6.33. The van der Waals surface area contributed by atoms with E-state index in [2.05, 4.69) is 24.3 Å². The summed E-state index contributed by atoms with van der Waals surface area (Å²) in [6, 6.07) is 13.2. The highest BCUT2D eigenvalue weighted by atomic mass is 35.5. The number of aromatic nitrogens is 2. The van der Waals surface area contributed by atoms with Crippen molar-refractivity contribution in [2.75, 3.05) is 5.32 Å². The topological polar surface area (TPSA) is 69.3 Å². The molecule has 0 saturated carbocycles. The number of hydrogen-bond acceptors (Lipinski definition) is 4. The predicted octanol–water partition coefficient (Wildman–Crippen LogP) is 7.23. The van der Waals surface area contributed by atoms with Crippen LogP contribution in [0.1, 0.15) is 52.8 Å². The Morgan fingerprint density at radius 2 is 1.97 bits per heavy atom. The van der Waals surface area contributed by atoms with Crippen molar-refractivity contribution in [1.29, 1.82) is 0 Å². The fourth-order valence-electron chi connectivity index (χ4n) is 3.53. The van der Waals surface area contributed by atoms with Crippen molar-refractivity contribution in [2.45, 2.75) is 39.8 Å². The van der Waals surface area contributed by atoms with E-state index in [1.165, 1.54) is 16.8 Å². The smallest absolute Gasteiger partial charge is 0.292 e. The van der Waals surface area contributed by atoms with Gasteiger partial charge in [0.2, 0.25) is 0 Å². The van der Waals surface area contributed by atoms with Crippen molar-refractivity contribution in [3.05, 3.63) is 98.8 Å². The van der Waals surface area contributed by atoms with E-state index in [9.17, 15) is 9.18 Å². The number of anilines is 1. The maximum absolute atomic E-state index is 13.4. The second kappa shape index (κ2) is 10.5. The molecule has 2 aromatic heterocycles. The molecule has 0 radical (unpaired) electrons. The van der Waals surface area contributed by atoms with Gasteiger partial charge in [-0.15, -0.1) is 0 Å². The number of furan rings is 1. The van der Waals surface area contributed by atoms with Crippen LogP contribution in [-0.4, -0.2) is 15.7 Å². The van der Waals surface area contributed by atoms with Gasteiger partial charge in [0.25, 0.3) is 5.91 Å². The summed E-state index contributed by atoms with van der Waals surface area (Å²) in [5.74, 6) is 0.876. The standard InChI is InChI=1S/C26H24Cl2FN3O3/c1-15(2)20-11-21(27)16(3)9-24(20)34-14-19-7-8-23(35-19)26(33)30-25-22(28)13-32(31-25)12-17-5-4-6-18(29)10-17/h4-11,13,15H,12,14H2,1-3H3,(H,30,31,33). The number of nitrogens with one attached hydrogen (secondary N) is 1. The zero-order valence-electron chi connectivity index (χ0n) is 19.4. The second-order valence-corrected chi connectivity index (χ2v) is 9.27. The van der Waals surface area contributed by atoms with Crippen molar-refractivity contribution >= 4 is 34.9 Å². The van der Waals surface area contributed by atoms with Gasteiger partial charge in [-0.05, 0) is 65.9 Å². The summed E-state index contributed by atoms with van der Waals surface area (Å²) in [5, 5.41) is 7.86. The molecule has 0 aliphatic rings. The van der Waals surface area contributed by atoms with E-state index in [1.54, 1.807) is 30.5 Å². The van der Waals surface area contributed by atoms with E-state index in [0.717, 1.165) is 16.9 Å². The molecule has 0 fully saturated rings. The molecule has 6 nitrogen and oxygen atoms in total. The van der Waals surface area contributed by atoms with Crippen molar-refractivity contribution < 1.29 is 18.3 Å². The molecule has 0 saturated heterocycles. The van der Waals surface area contributed by atoms with E-state index in [4.69, 9.17) is 32.4 Å². The maximum atomic E-state index is 13.4. The van der Waals surface area contributed by atoms with Crippen LogP contribution in [0.5, 0.6) is 5.75 Å². The first-order chi connectivity index (χ1) is 16.7. The van der Waals surface area contributed by atoms with Crippen LogP contribution in [0.25, 0.3) is 0 Å². The van der Waals surface area contributed by atoms with Gasteiger partial charge < -0.3 is 14.5 Å². The monoisotopic (exact) mass is 515 g/mol. The minimum atomic E-state index is -0.501. The van der Waals surface area contributed by atoms with E-state index < -0.39 is 5.91 Å². The fraction of sp³-hybridized carbons (Fsp3) is 0.231. The van der Waals surface area contributed by atoms with Crippen LogP contribution in [0.4, 0.5) is 10.2 Å². The zero-order valence-corrected chi connectivity index (χ0v) is 21.0. The number of halogens is 3. The number of aryl methyl sites for hydroxylation is 1. The average Bonchev–Trinajstić information content (AvgIpc) is 3.41. The third-order valence-electron chi connectivity index (χ3n) is 5.35. The Balaban J connectivity index is 1.40. The first kappa shape index (κ1) is 24.8.